The van der Waals surface area contributed by atoms with Crippen LogP contribution in [0.3, 0.4) is 0 Å². The second kappa shape index (κ2) is 3.67. The van der Waals surface area contributed by atoms with Gasteiger partial charge >= 0.3 is 0 Å². The van der Waals surface area contributed by atoms with Crippen LogP contribution in [-0.4, -0.2) is 9.97 Å². The molecule has 0 saturated carbocycles. The highest BCUT2D eigenvalue weighted by Gasteiger charge is 1.94. The zero-order valence-corrected chi connectivity index (χ0v) is 6.84. The topological polar surface area (TPSA) is 35.0 Å². The molecule has 0 aliphatic carbocycles. The lowest BCUT2D eigenvalue weighted by atomic mass is 10.4. The van der Waals surface area contributed by atoms with Crippen molar-refractivity contribution < 1.29 is 4.74 Å². The first-order valence-electron chi connectivity index (χ1n) is 3.85. The van der Waals surface area contributed by atoms with Crippen LogP contribution in [0.4, 0.5) is 0 Å². The number of pyridine rings is 2. The maximum Gasteiger partial charge on any atom is 0.219 e. The zero-order chi connectivity index (χ0) is 8.93. The van der Waals surface area contributed by atoms with Gasteiger partial charge in [-0.25, -0.2) is 4.98 Å². The number of aromatic nitrogens is 2. The third kappa shape index (κ3) is 2.02. The highest BCUT2D eigenvalue weighted by Crippen LogP contribution is 2.15. The minimum atomic E-state index is 0.524. The van der Waals surface area contributed by atoms with Crippen molar-refractivity contribution >= 4 is 0 Å². The van der Waals surface area contributed by atoms with Gasteiger partial charge in [0.1, 0.15) is 5.75 Å². The second-order valence-electron chi connectivity index (χ2n) is 2.38. The molecule has 3 heteroatoms. The maximum atomic E-state index is 5.37. The lowest BCUT2D eigenvalue weighted by molar-refractivity contribution is 0.460. The predicted octanol–water partition coefficient (Wildman–Crippen LogP) is 2.07. The number of hydrogen-bond acceptors (Lipinski definition) is 3. The highest BCUT2D eigenvalue weighted by molar-refractivity contribution is 5.22. The molecule has 0 N–H and O–H groups in total. The van der Waals surface area contributed by atoms with Crippen molar-refractivity contribution in [3.63, 3.8) is 0 Å². The first-order valence-corrected chi connectivity index (χ1v) is 3.85. The molecule has 0 spiro atoms. The van der Waals surface area contributed by atoms with Gasteiger partial charge in [-0.3, -0.25) is 4.98 Å². The van der Waals surface area contributed by atoms with Crippen LogP contribution in [0.25, 0.3) is 0 Å². The summed E-state index contributed by atoms with van der Waals surface area (Å²) in [4.78, 5) is 7.91. The molecule has 2 rings (SSSR count). The van der Waals surface area contributed by atoms with Crippen molar-refractivity contribution in [2.45, 2.75) is 0 Å². The number of ether oxygens (including phenoxy) is 1. The van der Waals surface area contributed by atoms with Crippen LogP contribution in [0, 0.1) is 6.07 Å². The van der Waals surface area contributed by atoms with Gasteiger partial charge in [-0.05, 0) is 24.3 Å². The molecule has 13 heavy (non-hydrogen) atoms. The van der Waals surface area contributed by atoms with Crippen LogP contribution in [0.5, 0.6) is 11.6 Å². The van der Waals surface area contributed by atoms with Crippen molar-refractivity contribution in [3.05, 3.63) is 48.9 Å². The fraction of sp³-hybridized carbons (Fsp3) is 0. The zero-order valence-electron chi connectivity index (χ0n) is 6.84. The minimum absolute atomic E-state index is 0.524. The van der Waals surface area contributed by atoms with E-state index in [2.05, 4.69) is 16.0 Å². The molecule has 3 nitrogen and oxygen atoms in total. The standard InChI is InChI=1S/C10H7N2O/c1-2-7-12-10(5-1)13-9-4-3-6-11-8-9/h2-8H. The third-order valence-electron chi connectivity index (χ3n) is 1.44. The molecule has 0 aliphatic heterocycles. The Labute approximate surface area is 76.0 Å². The normalized spacial score (nSPS) is 9.54. The maximum absolute atomic E-state index is 5.37. The fourth-order valence-corrected chi connectivity index (χ4v) is 0.894. The van der Waals surface area contributed by atoms with Gasteiger partial charge in [0.15, 0.2) is 0 Å². The third-order valence-corrected chi connectivity index (χ3v) is 1.44. The van der Waals surface area contributed by atoms with Crippen LogP contribution in [0.15, 0.2) is 42.9 Å². The van der Waals surface area contributed by atoms with Gasteiger partial charge in [0.05, 0.1) is 6.20 Å². The minimum Gasteiger partial charge on any atom is -0.437 e. The monoisotopic (exact) mass is 171 g/mol. The predicted molar refractivity (Wildman–Crippen MR) is 47.4 cm³/mol. The summed E-state index contributed by atoms with van der Waals surface area (Å²) in [6.07, 6.45) is 4.96. The number of rotatable bonds is 2. The fourth-order valence-electron chi connectivity index (χ4n) is 0.894. The second-order valence-corrected chi connectivity index (χ2v) is 2.38. The summed E-state index contributed by atoms with van der Waals surface area (Å²) in [6, 6.07) is 9.89. The molecule has 0 bridgehead atoms. The molecule has 0 aliphatic rings. The lowest BCUT2D eigenvalue weighted by Gasteiger charge is -2.01. The quantitative estimate of drug-likeness (QED) is 0.693. The molecule has 0 unspecified atom stereocenters. The van der Waals surface area contributed by atoms with E-state index in [-0.39, 0.29) is 0 Å². The summed E-state index contributed by atoms with van der Waals surface area (Å²) in [5.41, 5.74) is 0. The Morgan fingerprint density at radius 2 is 2.31 bits per heavy atom. The van der Waals surface area contributed by atoms with Crippen LogP contribution in [-0.2, 0) is 0 Å². The summed E-state index contributed by atoms with van der Waals surface area (Å²) in [7, 11) is 0. The Balaban J connectivity index is 2.16. The molecule has 0 saturated heterocycles. The summed E-state index contributed by atoms with van der Waals surface area (Å²) in [6.45, 7) is 0. The van der Waals surface area contributed by atoms with Crippen molar-refractivity contribution in [3.8, 4) is 11.6 Å². The van der Waals surface area contributed by atoms with E-state index in [0.717, 1.165) is 0 Å². The molecule has 63 valence electrons. The van der Waals surface area contributed by atoms with Crippen molar-refractivity contribution in [2.75, 3.05) is 0 Å². The van der Waals surface area contributed by atoms with Gasteiger partial charge in [-0.1, -0.05) is 0 Å². The van der Waals surface area contributed by atoms with Crippen molar-refractivity contribution in [1.82, 2.24) is 9.97 Å². The van der Waals surface area contributed by atoms with Crippen molar-refractivity contribution in [1.29, 1.82) is 0 Å². The molecule has 0 aromatic carbocycles. The summed E-state index contributed by atoms with van der Waals surface area (Å²) in [5, 5.41) is 0. The Hall–Kier alpha value is -1.90. The summed E-state index contributed by atoms with van der Waals surface area (Å²) >= 11 is 0. The molecule has 0 atom stereocenters. The Bertz CT molecular complexity index is 324. The lowest BCUT2D eigenvalue weighted by Crippen LogP contribution is -1.86. The Morgan fingerprint density at radius 3 is 3.00 bits per heavy atom. The molecule has 2 aromatic heterocycles. The highest BCUT2D eigenvalue weighted by atomic mass is 16.5. The van der Waals surface area contributed by atoms with Gasteiger partial charge < -0.3 is 4.74 Å². The molecule has 0 amide bonds. The van der Waals surface area contributed by atoms with Crippen molar-refractivity contribution in [2.24, 2.45) is 0 Å². The molecule has 2 aromatic rings. The van der Waals surface area contributed by atoms with E-state index in [0.29, 0.717) is 11.6 Å². The molecule has 0 fully saturated rings. The van der Waals surface area contributed by atoms with Crippen LogP contribution < -0.4 is 4.74 Å². The van der Waals surface area contributed by atoms with Gasteiger partial charge in [-0.2, -0.15) is 0 Å². The van der Waals surface area contributed by atoms with Crippen LogP contribution >= 0.6 is 0 Å². The molecular weight excluding hydrogens is 164 g/mol. The van der Waals surface area contributed by atoms with E-state index in [1.54, 1.807) is 30.7 Å². The van der Waals surface area contributed by atoms with Gasteiger partial charge in [-0.15, -0.1) is 0 Å². The molecule has 1 radical (unpaired) electrons. The van der Waals surface area contributed by atoms with Gasteiger partial charge in [0, 0.05) is 18.5 Å². The van der Waals surface area contributed by atoms with Crippen LogP contribution in [0.2, 0.25) is 0 Å². The first-order chi connectivity index (χ1) is 6.45. The molecular formula is C10H7N2O. The van der Waals surface area contributed by atoms with E-state index in [1.165, 1.54) is 0 Å². The van der Waals surface area contributed by atoms with E-state index in [4.69, 9.17) is 4.74 Å². The Kier molecular flexibility index (Phi) is 2.18. The largest absolute Gasteiger partial charge is 0.437 e. The van der Waals surface area contributed by atoms with Crippen LogP contribution in [0.1, 0.15) is 0 Å². The SMILES string of the molecule is [c]1ccnc(Oc2cccnc2)c1. The van der Waals surface area contributed by atoms with E-state index < -0.39 is 0 Å². The summed E-state index contributed by atoms with van der Waals surface area (Å²) in [5.74, 6) is 1.20. The smallest absolute Gasteiger partial charge is 0.219 e. The number of nitrogens with zero attached hydrogens (tertiary/aromatic N) is 2. The van der Waals surface area contributed by atoms with E-state index in [1.807, 2.05) is 12.1 Å². The first kappa shape index (κ1) is 7.73. The van der Waals surface area contributed by atoms with Gasteiger partial charge in [0.2, 0.25) is 5.88 Å². The average Bonchev–Trinajstić information content (AvgIpc) is 2.21. The van der Waals surface area contributed by atoms with E-state index in [9.17, 15) is 0 Å². The Morgan fingerprint density at radius 1 is 1.31 bits per heavy atom. The number of hydrogen-bond donors (Lipinski definition) is 0. The average molecular weight is 171 g/mol. The van der Waals surface area contributed by atoms with Gasteiger partial charge in [0.25, 0.3) is 0 Å². The van der Waals surface area contributed by atoms with E-state index >= 15 is 0 Å². The summed E-state index contributed by atoms with van der Waals surface area (Å²) < 4.78 is 5.37. The molecule has 2 heterocycles.